The van der Waals surface area contributed by atoms with Gasteiger partial charge >= 0.3 is 5.97 Å². The molecule has 0 saturated carbocycles. The standard InChI is InChI=1S/C27H18BrN3O5/c1-34-20-11-8-17(9-12-20)25-30-22-6-3-2-5-21(22)26(32)31(25)29-16-18-15-19(28)10-13-23(18)36-27(33)24-7-4-14-35-24/h2-16H,1H3. The van der Waals surface area contributed by atoms with Crippen molar-refractivity contribution in [2.75, 3.05) is 7.11 Å². The molecule has 3 aromatic carbocycles. The van der Waals surface area contributed by atoms with E-state index in [1.54, 1.807) is 73.8 Å². The predicted octanol–water partition coefficient (Wildman–Crippen LogP) is 5.53. The first-order valence-corrected chi connectivity index (χ1v) is 11.6. The lowest BCUT2D eigenvalue weighted by Crippen LogP contribution is -2.20. The molecular formula is C27H18BrN3O5. The van der Waals surface area contributed by atoms with Gasteiger partial charge in [-0.2, -0.15) is 9.78 Å². The lowest BCUT2D eigenvalue weighted by molar-refractivity contribution is 0.0701. The average molecular weight is 544 g/mol. The molecule has 0 unspecified atom stereocenters. The van der Waals surface area contributed by atoms with E-state index < -0.39 is 5.97 Å². The van der Waals surface area contributed by atoms with E-state index in [9.17, 15) is 9.59 Å². The Bertz CT molecular complexity index is 1640. The smallest absolute Gasteiger partial charge is 0.379 e. The summed E-state index contributed by atoms with van der Waals surface area (Å²) in [5.41, 5.74) is 1.35. The minimum atomic E-state index is -0.652. The number of carbonyl (C=O) groups excluding carboxylic acids is 1. The van der Waals surface area contributed by atoms with E-state index in [2.05, 4.69) is 21.0 Å². The van der Waals surface area contributed by atoms with Crippen molar-refractivity contribution < 1.29 is 18.7 Å². The van der Waals surface area contributed by atoms with Crippen molar-refractivity contribution in [3.05, 3.63) is 111 Å². The summed E-state index contributed by atoms with van der Waals surface area (Å²) in [6, 6.07) is 22.4. The first-order chi connectivity index (χ1) is 17.5. The van der Waals surface area contributed by atoms with Crippen LogP contribution in [0.25, 0.3) is 22.3 Å². The number of halogens is 1. The highest BCUT2D eigenvalue weighted by Crippen LogP contribution is 2.25. The van der Waals surface area contributed by atoms with Crippen LogP contribution in [0.5, 0.6) is 11.5 Å². The topological polar surface area (TPSA) is 95.9 Å². The summed E-state index contributed by atoms with van der Waals surface area (Å²) in [6.45, 7) is 0. The summed E-state index contributed by atoms with van der Waals surface area (Å²) in [4.78, 5) is 30.6. The predicted molar refractivity (Wildman–Crippen MR) is 139 cm³/mol. The third-order valence-corrected chi connectivity index (χ3v) is 5.80. The van der Waals surface area contributed by atoms with E-state index in [-0.39, 0.29) is 17.1 Å². The van der Waals surface area contributed by atoms with Crippen LogP contribution >= 0.6 is 15.9 Å². The van der Waals surface area contributed by atoms with Gasteiger partial charge in [0.2, 0.25) is 5.76 Å². The van der Waals surface area contributed by atoms with Crippen molar-refractivity contribution in [2.45, 2.75) is 0 Å². The van der Waals surface area contributed by atoms with E-state index in [1.807, 2.05) is 6.07 Å². The number of furan rings is 1. The SMILES string of the molecule is COc1ccc(-c2nc3ccccc3c(=O)n2N=Cc2cc(Br)ccc2OC(=O)c2ccco2)cc1. The molecule has 2 aromatic heterocycles. The van der Waals surface area contributed by atoms with Crippen molar-refractivity contribution in [3.63, 3.8) is 0 Å². The van der Waals surface area contributed by atoms with Crippen LogP contribution in [-0.4, -0.2) is 29.0 Å². The molecule has 0 atom stereocenters. The van der Waals surface area contributed by atoms with E-state index in [4.69, 9.17) is 18.9 Å². The van der Waals surface area contributed by atoms with Crippen LogP contribution < -0.4 is 15.0 Å². The average Bonchev–Trinajstić information content (AvgIpc) is 3.45. The molecule has 8 nitrogen and oxygen atoms in total. The van der Waals surface area contributed by atoms with Gasteiger partial charge in [-0.05, 0) is 66.7 Å². The number of hydrogen-bond acceptors (Lipinski definition) is 7. The van der Waals surface area contributed by atoms with E-state index in [0.717, 1.165) is 4.47 Å². The molecular weight excluding hydrogens is 526 g/mol. The summed E-state index contributed by atoms with van der Waals surface area (Å²) < 4.78 is 17.8. The molecule has 5 rings (SSSR count). The molecule has 0 bridgehead atoms. The van der Waals surface area contributed by atoms with Crippen LogP contribution in [-0.2, 0) is 0 Å². The normalized spacial score (nSPS) is 11.2. The number of benzene rings is 3. The van der Waals surface area contributed by atoms with Gasteiger partial charge < -0.3 is 13.9 Å². The highest BCUT2D eigenvalue weighted by Gasteiger charge is 2.15. The summed E-state index contributed by atoms with van der Waals surface area (Å²) in [7, 11) is 1.58. The van der Waals surface area contributed by atoms with Gasteiger partial charge in [0.25, 0.3) is 5.56 Å². The lowest BCUT2D eigenvalue weighted by atomic mass is 10.2. The molecule has 0 saturated heterocycles. The Morgan fingerprint density at radius 2 is 1.86 bits per heavy atom. The van der Waals surface area contributed by atoms with Gasteiger partial charge in [0, 0.05) is 15.6 Å². The van der Waals surface area contributed by atoms with Crippen LogP contribution in [0.2, 0.25) is 0 Å². The minimum absolute atomic E-state index is 0.0672. The Morgan fingerprint density at radius 3 is 2.61 bits per heavy atom. The highest BCUT2D eigenvalue weighted by molar-refractivity contribution is 9.10. The number of methoxy groups -OCH3 is 1. The fourth-order valence-corrected chi connectivity index (χ4v) is 3.91. The number of esters is 1. The summed E-state index contributed by atoms with van der Waals surface area (Å²) in [6.07, 6.45) is 2.83. The van der Waals surface area contributed by atoms with E-state index in [0.29, 0.717) is 33.6 Å². The Kier molecular flexibility index (Phi) is 6.46. The Morgan fingerprint density at radius 1 is 1.06 bits per heavy atom. The maximum absolute atomic E-state index is 13.4. The number of aromatic nitrogens is 2. The third-order valence-electron chi connectivity index (χ3n) is 5.31. The number of nitrogens with zero attached hydrogens (tertiary/aromatic N) is 3. The molecule has 0 spiro atoms. The number of hydrogen-bond donors (Lipinski definition) is 0. The van der Waals surface area contributed by atoms with Crippen molar-refractivity contribution in [1.82, 2.24) is 9.66 Å². The molecule has 0 fully saturated rings. The van der Waals surface area contributed by atoms with Crippen LogP contribution in [0, 0.1) is 0 Å². The lowest BCUT2D eigenvalue weighted by Gasteiger charge is -2.11. The largest absolute Gasteiger partial charge is 0.497 e. The van der Waals surface area contributed by atoms with E-state index in [1.165, 1.54) is 23.2 Å². The maximum Gasteiger partial charge on any atom is 0.379 e. The molecule has 0 amide bonds. The first-order valence-electron chi connectivity index (χ1n) is 10.8. The Labute approximate surface area is 213 Å². The molecule has 0 N–H and O–H groups in total. The van der Waals surface area contributed by atoms with Crippen LogP contribution in [0.3, 0.4) is 0 Å². The molecule has 36 heavy (non-hydrogen) atoms. The fourth-order valence-electron chi connectivity index (χ4n) is 3.54. The van der Waals surface area contributed by atoms with Gasteiger partial charge in [-0.3, -0.25) is 4.79 Å². The van der Waals surface area contributed by atoms with Crippen molar-refractivity contribution in [2.24, 2.45) is 5.10 Å². The molecule has 5 aromatic rings. The zero-order valence-corrected chi connectivity index (χ0v) is 20.5. The van der Waals surface area contributed by atoms with E-state index >= 15 is 0 Å². The van der Waals surface area contributed by atoms with Crippen molar-refractivity contribution in [1.29, 1.82) is 0 Å². The van der Waals surface area contributed by atoms with Crippen molar-refractivity contribution >= 4 is 39.0 Å². The second-order valence-electron chi connectivity index (χ2n) is 7.59. The first kappa shape index (κ1) is 23.3. The molecule has 0 radical (unpaired) electrons. The fraction of sp³-hybridized carbons (Fsp3) is 0.0370. The molecule has 2 heterocycles. The number of para-hydroxylation sites is 1. The van der Waals surface area contributed by atoms with Gasteiger partial charge in [0.15, 0.2) is 5.82 Å². The monoisotopic (exact) mass is 543 g/mol. The number of ether oxygens (including phenoxy) is 2. The molecule has 178 valence electrons. The van der Waals surface area contributed by atoms with Crippen LogP contribution in [0.4, 0.5) is 0 Å². The number of rotatable bonds is 6. The zero-order valence-electron chi connectivity index (χ0n) is 18.9. The van der Waals surface area contributed by atoms with Gasteiger partial charge in [-0.1, -0.05) is 28.1 Å². The summed E-state index contributed by atoms with van der Waals surface area (Å²) in [5, 5.41) is 4.89. The second kappa shape index (κ2) is 10.0. The third kappa shape index (κ3) is 4.69. The van der Waals surface area contributed by atoms with Gasteiger partial charge in [0.05, 0.1) is 30.5 Å². The zero-order chi connectivity index (χ0) is 25.1. The Hall–Kier alpha value is -4.50. The van der Waals surface area contributed by atoms with Crippen LogP contribution in [0.15, 0.2) is 104 Å². The molecule has 0 aliphatic heterocycles. The number of carbonyl (C=O) groups is 1. The van der Waals surface area contributed by atoms with Crippen LogP contribution in [0.1, 0.15) is 16.1 Å². The molecule has 0 aliphatic carbocycles. The summed E-state index contributed by atoms with van der Waals surface area (Å²) >= 11 is 3.43. The minimum Gasteiger partial charge on any atom is -0.497 e. The van der Waals surface area contributed by atoms with Gasteiger partial charge in [0.1, 0.15) is 11.5 Å². The second-order valence-corrected chi connectivity index (χ2v) is 8.51. The summed E-state index contributed by atoms with van der Waals surface area (Å²) in [5.74, 6) is 0.685. The van der Waals surface area contributed by atoms with Gasteiger partial charge in [-0.15, -0.1) is 0 Å². The maximum atomic E-state index is 13.4. The molecule has 0 aliphatic rings. The number of fused-ring (bicyclic) bond motifs is 1. The Balaban J connectivity index is 1.61. The quantitative estimate of drug-likeness (QED) is 0.159. The van der Waals surface area contributed by atoms with Gasteiger partial charge in [-0.25, -0.2) is 9.78 Å². The molecule has 9 heteroatoms. The van der Waals surface area contributed by atoms with Crippen molar-refractivity contribution in [3.8, 4) is 22.9 Å². The highest BCUT2D eigenvalue weighted by atomic mass is 79.9.